The lowest BCUT2D eigenvalue weighted by atomic mass is 9.70. The van der Waals surface area contributed by atoms with Gasteiger partial charge in [-0.2, -0.15) is 0 Å². The summed E-state index contributed by atoms with van der Waals surface area (Å²) >= 11 is 0. The van der Waals surface area contributed by atoms with Gasteiger partial charge in [-0.3, -0.25) is 9.59 Å². The lowest BCUT2D eigenvalue weighted by Crippen LogP contribution is -2.48. The first-order chi connectivity index (χ1) is 10.2. The van der Waals surface area contributed by atoms with Crippen LogP contribution in [0, 0.1) is 0 Å². The highest BCUT2D eigenvalue weighted by Gasteiger charge is 2.41. The van der Waals surface area contributed by atoms with E-state index < -0.39 is 24.9 Å². The fourth-order valence-electron chi connectivity index (χ4n) is 2.25. The SMILES string of the molecule is O=C(Nc1ccccn1)C1C(=O)OB(O)c2ccccc21. The highest BCUT2D eigenvalue weighted by Crippen LogP contribution is 2.22. The number of amides is 1. The molecule has 7 heteroatoms. The highest BCUT2D eigenvalue weighted by atomic mass is 16.6. The third-order valence-corrected chi connectivity index (χ3v) is 3.21. The first-order valence-electron chi connectivity index (χ1n) is 6.36. The molecular formula is C14H11BN2O4. The highest BCUT2D eigenvalue weighted by molar-refractivity contribution is 6.63. The number of pyridine rings is 1. The summed E-state index contributed by atoms with van der Waals surface area (Å²) < 4.78 is 4.82. The van der Waals surface area contributed by atoms with Crippen LogP contribution in [0.4, 0.5) is 5.82 Å². The number of carbonyl (C=O) groups is 2. The van der Waals surface area contributed by atoms with Gasteiger partial charge in [-0.1, -0.05) is 30.3 Å². The van der Waals surface area contributed by atoms with Gasteiger partial charge in [0.2, 0.25) is 5.91 Å². The fourth-order valence-corrected chi connectivity index (χ4v) is 2.25. The van der Waals surface area contributed by atoms with Crippen LogP contribution in [0.5, 0.6) is 0 Å². The van der Waals surface area contributed by atoms with Crippen molar-refractivity contribution in [3.8, 4) is 0 Å². The van der Waals surface area contributed by atoms with Crippen molar-refractivity contribution in [2.24, 2.45) is 0 Å². The zero-order chi connectivity index (χ0) is 14.8. The van der Waals surface area contributed by atoms with Crippen molar-refractivity contribution in [3.05, 3.63) is 54.2 Å². The summed E-state index contributed by atoms with van der Waals surface area (Å²) in [4.78, 5) is 28.2. The van der Waals surface area contributed by atoms with Crippen molar-refractivity contribution in [1.82, 2.24) is 4.98 Å². The number of carbonyl (C=O) groups excluding carboxylic acids is 2. The third kappa shape index (κ3) is 2.51. The Balaban J connectivity index is 1.92. The number of aromatic nitrogens is 1. The van der Waals surface area contributed by atoms with E-state index in [2.05, 4.69) is 10.3 Å². The predicted octanol–water partition coefficient (Wildman–Crippen LogP) is 0.0482. The minimum atomic E-state index is -1.34. The summed E-state index contributed by atoms with van der Waals surface area (Å²) in [5, 5.41) is 12.3. The molecule has 6 nitrogen and oxygen atoms in total. The van der Waals surface area contributed by atoms with Crippen LogP contribution in [0.15, 0.2) is 48.7 Å². The third-order valence-electron chi connectivity index (χ3n) is 3.21. The zero-order valence-electron chi connectivity index (χ0n) is 10.9. The van der Waals surface area contributed by atoms with Crippen molar-refractivity contribution in [3.63, 3.8) is 0 Å². The molecule has 0 radical (unpaired) electrons. The maximum atomic E-state index is 12.3. The van der Waals surface area contributed by atoms with Gasteiger partial charge in [-0.05, 0) is 17.7 Å². The van der Waals surface area contributed by atoms with Crippen LogP contribution in [-0.2, 0) is 14.2 Å². The second-order valence-corrected chi connectivity index (χ2v) is 4.56. The predicted molar refractivity (Wildman–Crippen MR) is 75.7 cm³/mol. The molecule has 1 aromatic carbocycles. The maximum absolute atomic E-state index is 12.3. The van der Waals surface area contributed by atoms with Crippen LogP contribution in [0.25, 0.3) is 0 Å². The molecule has 2 aromatic rings. The molecule has 1 aromatic heterocycles. The van der Waals surface area contributed by atoms with E-state index in [0.29, 0.717) is 16.8 Å². The van der Waals surface area contributed by atoms with Crippen LogP contribution < -0.4 is 10.8 Å². The van der Waals surface area contributed by atoms with Crippen LogP contribution in [0.1, 0.15) is 11.5 Å². The Kier molecular flexibility index (Phi) is 3.41. The Morgan fingerprint density at radius 2 is 2.00 bits per heavy atom. The average molecular weight is 282 g/mol. The van der Waals surface area contributed by atoms with Crippen molar-refractivity contribution >= 4 is 30.3 Å². The molecule has 3 rings (SSSR count). The molecule has 0 bridgehead atoms. The Labute approximate surface area is 120 Å². The Hall–Kier alpha value is -2.67. The largest absolute Gasteiger partial charge is 0.562 e. The quantitative estimate of drug-likeness (QED) is 0.600. The van der Waals surface area contributed by atoms with Gasteiger partial charge in [-0.15, -0.1) is 0 Å². The Morgan fingerprint density at radius 3 is 2.76 bits per heavy atom. The summed E-state index contributed by atoms with van der Waals surface area (Å²) in [6, 6.07) is 11.7. The zero-order valence-corrected chi connectivity index (χ0v) is 10.9. The molecule has 21 heavy (non-hydrogen) atoms. The van der Waals surface area contributed by atoms with Crippen LogP contribution >= 0.6 is 0 Å². The molecule has 2 N–H and O–H groups in total. The molecular weight excluding hydrogens is 271 g/mol. The van der Waals surface area contributed by atoms with Gasteiger partial charge < -0.3 is 15.0 Å². The van der Waals surface area contributed by atoms with Gasteiger partial charge in [0.25, 0.3) is 0 Å². The molecule has 1 aliphatic rings. The maximum Gasteiger partial charge on any atom is 0.562 e. The van der Waals surface area contributed by atoms with E-state index in [1.54, 1.807) is 42.5 Å². The van der Waals surface area contributed by atoms with Gasteiger partial charge in [-0.25, -0.2) is 4.98 Å². The number of anilines is 1. The Bertz CT molecular complexity index is 692. The normalized spacial score (nSPS) is 16.9. The molecule has 0 aliphatic carbocycles. The van der Waals surface area contributed by atoms with E-state index in [-0.39, 0.29) is 0 Å². The van der Waals surface area contributed by atoms with Crippen LogP contribution in [0.2, 0.25) is 0 Å². The van der Waals surface area contributed by atoms with Crippen molar-refractivity contribution in [2.75, 3.05) is 5.32 Å². The molecule has 2 heterocycles. The lowest BCUT2D eigenvalue weighted by molar-refractivity contribution is -0.140. The van der Waals surface area contributed by atoms with Crippen LogP contribution in [0.3, 0.4) is 0 Å². The van der Waals surface area contributed by atoms with Crippen molar-refractivity contribution in [1.29, 1.82) is 0 Å². The van der Waals surface area contributed by atoms with Gasteiger partial charge in [0.15, 0.2) is 5.92 Å². The number of hydrogen-bond donors (Lipinski definition) is 2. The molecule has 0 fully saturated rings. The number of rotatable bonds is 2. The number of fused-ring (bicyclic) bond motifs is 1. The monoisotopic (exact) mass is 282 g/mol. The molecule has 1 atom stereocenters. The number of nitrogens with zero attached hydrogens (tertiary/aromatic N) is 1. The number of benzene rings is 1. The number of nitrogens with one attached hydrogen (secondary N) is 1. The topological polar surface area (TPSA) is 88.5 Å². The first kappa shape index (κ1) is 13.3. The lowest BCUT2D eigenvalue weighted by Gasteiger charge is -2.25. The molecule has 1 unspecified atom stereocenters. The summed E-state index contributed by atoms with van der Waals surface area (Å²) in [7, 11) is -1.34. The summed E-state index contributed by atoms with van der Waals surface area (Å²) in [5.74, 6) is -2.10. The van der Waals surface area contributed by atoms with E-state index in [9.17, 15) is 14.6 Å². The minimum absolute atomic E-state index is 0.346. The number of hydrogen-bond acceptors (Lipinski definition) is 5. The second-order valence-electron chi connectivity index (χ2n) is 4.56. The van der Waals surface area contributed by atoms with E-state index in [0.717, 1.165) is 0 Å². The first-order valence-corrected chi connectivity index (χ1v) is 6.36. The summed E-state index contributed by atoms with van der Waals surface area (Å²) in [6.07, 6.45) is 1.53. The molecule has 0 spiro atoms. The van der Waals surface area contributed by atoms with Crippen molar-refractivity contribution in [2.45, 2.75) is 5.92 Å². The fraction of sp³-hybridized carbons (Fsp3) is 0.0714. The smallest absolute Gasteiger partial charge is 0.505 e. The van der Waals surface area contributed by atoms with Gasteiger partial charge in [0.1, 0.15) is 5.82 Å². The molecule has 1 aliphatic heterocycles. The average Bonchev–Trinajstić information content (AvgIpc) is 2.48. The van der Waals surface area contributed by atoms with E-state index >= 15 is 0 Å². The molecule has 104 valence electrons. The van der Waals surface area contributed by atoms with E-state index in [4.69, 9.17) is 4.65 Å². The minimum Gasteiger partial charge on any atom is -0.505 e. The molecule has 0 saturated heterocycles. The van der Waals surface area contributed by atoms with E-state index in [1.165, 1.54) is 6.20 Å². The van der Waals surface area contributed by atoms with Gasteiger partial charge in [0.05, 0.1) is 0 Å². The van der Waals surface area contributed by atoms with E-state index in [1.807, 2.05) is 0 Å². The summed E-state index contributed by atoms with van der Waals surface area (Å²) in [5.41, 5.74) is 0.855. The van der Waals surface area contributed by atoms with Crippen LogP contribution in [-0.4, -0.2) is 29.0 Å². The second kappa shape index (κ2) is 5.38. The van der Waals surface area contributed by atoms with Gasteiger partial charge >= 0.3 is 13.1 Å². The molecule has 1 amide bonds. The van der Waals surface area contributed by atoms with Gasteiger partial charge in [0, 0.05) is 11.7 Å². The standard InChI is InChI=1S/C14H11BN2O4/c18-13(17-11-7-3-4-8-16-11)12-9-5-1-2-6-10(9)15(20)21-14(12)19/h1-8,12,20H,(H,16,17,18). The summed E-state index contributed by atoms with van der Waals surface area (Å²) in [6.45, 7) is 0. The molecule has 0 saturated carbocycles. The Morgan fingerprint density at radius 1 is 1.24 bits per heavy atom. The van der Waals surface area contributed by atoms with Crippen molar-refractivity contribution < 1.29 is 19.3 Å².